The average molecular weight is 644 g/mol. The van der Waals surface area contributed by atoms with Crippen molar-refractivity contribution < 1.29 is 31.2 Å². The maximum absolute atomic E-state index is 14.2. The number of carbonyl (C=O) groups is 2. The molecule has 1 N–H and O–H groups in total. The van der Waals surface area contributed by atoms with Gasteiger partial charge in [0.25, 0.3) is 10.0 Å². The summed E-state index contributed by atoms with van der Waals surface area (Å²) < 4.78 is 69.4. The van der Waals surface area contributed by atoms with E-state index in [4.69, 9.17) is 11.6 Å². The minimum atomic E-state index is -4.76. The van der Waals surface area contributed by atoms with Gasteiger partial charge in [-0.15, -0.1) is 0 Å². The zero-order valence-corrected chi connectivity index (χ0v) is 25.1. The van der Waals surface area contributed by atoms with Crippen molar-refractivity contribution in [2.45, 2.75) is 30.1 Å². The van der Waals surface area contributed by atoms with E-state index in [9.17, 15) is 31.2 Å². The van der Waals surface area contributed by atoms with Crippen LogP contribution in [0.3, 0.4) is 0 Å². The van der Waals surface area contributed by atoms with Crippen molar-refractivity contribution in [3.63, 3.8) is 0 Å². The first kappa shape index (κ1) is 32.6. The Kier molecular flexibility index (Phi) is 10.3. The fraction of sp³-hybridized carbons (Fsp3) is 0.188. The summed E-state index contributed by atoms with van der Waals surface area (Å²) in [6.07, 6.45) is -4.67. The standard InChI is InChI=1S/C32H29ClF3N3O4S/c1-37-31(41)29(19-23-9-4-2-5-10-23)38(21-24-15-17-26(33)18-16-24)30(40)22-39(44(42,43)28-13-6-3-7-14-28)27-12-8-11-25(20-27)32(34,35)36/h2-18,20,29H,19,21-22H2,1H3,(H,37,41). The van der Waals surface area contributed by atoms with Gasteiger partial charge < -0.3 is 10.2 Å². The van der Waals surface area contributed by atoms with Crippen LogP contribution in [0.25, 0.3) is 0 Å². The molecule has 1 unspecified atom stereocenters. The normalized spacial score (nSPS) is 12.3. The highest BCUT2D eigenvalue weighted by Crippen LogP contribution is 2.33. The maximum atomic E-state index is 14.2. The summed E-state index contributed by atoms with van der Waals surface area (Å²) in [6.45, 7) is -0.989. The Morgan fingerprint density at radius 2 is 1.45 bits per heavy atom. The molecule has 44 heavy (non-hydrogen) atoms. The van der Waals surface area contributed by atoms with Crippen LogP contribution in [0.15, 0.2) is 114 Å². The van der Waals surface area contributed by atoms with Gasteiger partial charge in [-0.3, -0.25) is 13.9 Å². The summed E-state index contributed by atoms with van der Waals surface area (Å²) >= 11 is 6.05. The van der Waals surface area contributed by atoms with Crippen molar-refractivity contribution in [3.05, 3.63) is 131 Å². The number of benzene rings is 4. The fourth-order valence-corrected chi connectivity index (χ4v) is 6.15. The van der Waals surface area contributed by atoms with E-state index in [2.05, 4.69) is 5.32 Å². The molecule has 7 nitrogen and oxygen atoms in total. The Morgan fingerprint density at radius 1 is 0.841 bits per heavy atom. The van der Waals surface area contributed by atoms with E-state index < -0.39 is 46.2 Å². The Hall–Kier alpha value is -4.35. The second kappa shape index (κ2) is 14.0. The SMILES string of the molecule is CNC(=O)C(Cc1ccccc1)N(Cc1ccc(Cl)cc1)C(=O)CN(c1cccc(C(F)(F)F)c1)S(=O)(=O)c1ccccc1. The molecule has 0 aliphatic heterocycles. The van der Waals surface area contributed by atoms with Crippen LogP contribution in [-0.2, 0) is 38.8 Å². The lowest BCUT2D eigenvalue weighted by Crippen LogP contribution is -2.53. The first-order valence-corrected chi connectivity index (χ1v) is 15.3. The molecule has 0 heterocycles. The lowest BCUT2D eigenvalue weighted by Gasteiger charge is -2.33. The van der Waals surface area contributed by atoms with E-state index in [1.54, 1.807) is 60.7 Å². The number of anilines is 1. The molecule has 12 heteroatoms. The summed E-state index contributed by atoms with van der Waals surface area (Å²) in [5, 5.41) is 3.02. The van der Waals surface area contributed by atoms with Crippen molar-refractivity contribution in [2.24, 2.45) is 0 Å². The van der Waals surface area contributed by atoms with Crippen molar-refractivity contribution >= 4 is 39.1 Å². The molecular formula is C32H29ClF3N3O4S. The van der Waals surface area contributed by atoms with Gasteiger partial charge in [0.15, 0.2) is 0 Å². The molecule has 1 atom stereocenters. The van der Waals surface area contributed by atoms with Gasteiger partial charge in [-0.2, -0.15) is 13.2 Å². The van der Waals surface area contributed by atoms with Crippen LogP contribution in [0, 0.1) is 0 Å². The van der Waals surface area contributed by atoms with Gasteiger partial charge in [-0.1, -0.05) is 78.3 Å². The van der Waals surface area contributed by atoms with Gasteiger partial charge in [0.05, 0.1) is 16.1 Å². The third-order valence-corrected chi connectivity index (χ3v) is 8.90. The first-order chi connectivity index (χ1) is 20.9. The third kappa shape index (κ3) is 7.97. The Labute approximate surface area is 258 Å². The van der Waals surface area contributed by atoms with E-state index in [1.165, 1.54) is 42.3 Å². The predicted octanol–water partition coefficient (Wildman–Crippen LogP) is 5.94. The molecule has 4 aromatic carbocycles. The number of amides is 2. The largest absolute Gasteiger partial charge is 0.416 e. The predicted molar refractivity (Wildman–Crippen MR) is 162 cm³/mol. The van der Waals surface area contributed by atoms with Crippen molar-refractivity contribution in [1.82, 2.24) is 10.2 Å². The zero-order chi connectivity index (χ0) is 31.9. The Morgan fingerprint density at radius 3 is 2.05 bits per heavy atom. The van der Waals surface area contributed by atoms with Crippen LogP contribution < -0.4 is 9.62 Å². The van der Waals surface area contributed by atoms with Gasteiger partial charge in [0, 0.05) is 25.0 Å². The number of carbonyl (C=O) groups excluding carboxylic acids is 2. The molecule has 0 radical (unpaired) electrons. The van der Waals surface area contributed by atoms with Crippen molar-refractivity contribution in [2.75, 3.05) is 17.9 Å². The molecule has 2 amide bonds. The summed E-state index contributed by atoms with van der Waals surface area (Å²) in [5.41, 5.74) is -0.105. The average Bonchev–Trinajstić information content (AvgIpc) is 3.02. The second-order valence-corrected chi connectivity index (χ2v) is 12.1. The number of likely N-dealkylation sites (N-methyl/N-ethyl adjacent to an activating group) is 1. The van der Waals surface area contributed by atoms with Crippen molar-refractivity contribution in [3.8, 4) is 0 Å². The first-order valence-electron chi connectivity index (χ1n) is 13.4. The third-order valence-electron chi connectivity index (χ3n) is 6.86. The zero-order valence-electron chi connectivity index (χ0n) is 23.5. The topological polar surface area (TPSA) is 86.8 Å². The van der Waals surface area contributed by atoms with E-state index in [-0.39, 0.29) is 23.5 Å². The quantitative estimate of drug-likeness (QED) is 0.219. The number of nitrogens with zero attached hydrogens (tertiary/aromatic N) is 2. The van der Waals surface area contributed by atoms with E-state index >= 15 is 0 Å². The van der Waals surface area contributed by atoms with Crippen LogP contribution in [0.5, 0.6) is 0 Å². The summed E-state index contributed by atoms with van der Waals surface area (Å²) in [4.78, 5) is 28.5. The van der Waals surface area contributed by atoms with Gasteiger partial charge >= 0.3 is 6.18 Å². The molecule has 0 fully saturated rings. The van der Waals surface area contributed by atoms with Crippen molar-refractivity contribution in [1.29, 1.82) is 0 Å². The fourth-order valence-electron chi connectivity index (χ4n) is 4.59. The van der Waals surface area contributed by atoms with Gasteiger partial charge in [-0.25, -0.2) is 8.42 Å². The second-order valence-electron chi connectivity index (χ2n) is 9.84. The lowest BCUT2D eigenvalue weighted by molar-refractivity contribution is -0.139. The number of rotatable bonds is 11. The maximum Gasteiger partial charge on any atom is 0.416 e. The molecule has 4 rings (SSSR count). The lowest BCUT2D eigenvalue weighted by atomic mass is 10.0. The highest BCUT2D eigenvalue weighted by molar-refractivity contribution is 7.92. The molecule has 4 aromatic rings. The number of sulfonamides is 1. The molecular weight excluding hydrogens is 615 g/mol. The number of hydrogen-bond donors (Lipinski definition) is 1. The summed E-state index contributed by atoms with van der Waals surface area (Å²) in [7, 11) is -3.12. The van der Waals surface area contributed by atoms with Crippen LogP contribution in [0.4, 0.5) is 18.9 Å². The van der Waals surface area contributed by atoms with E-state index in [1.807, 2.05) is 0 Å². The highest BCUT2D eigenvalue weighted by atomic mass is 35.5. The monoisotopic (exact) mass is 643 g/mol. The van der Waals surface area contributed by atoms with Crippen LogP contribution in [-0.4, -0.2) is 44.8 Å². The Bertz CT molecular complexity index is 1690. The number of hydrogen-bond acceptors (Lipinski definition) is 4. The molecule has 0 aromatic heterocycles. The minimum absolute atomic E-state index is 0.0921. The number of nitrogens with one attached hydrogen (secondary N) is 1. The summed E-state index contributed by atoms with van der Waals surface area (Å²) in [5.74, 6) is -1.31. The molecule has 0 spiro atoms. The molecule has 0 bridgehead atoms. The molecule has 0 aliphatic carbocycles. The highest BCUT2D eigenvalue weighted by Gasteiger charge is 2.36. The Balaban J connectivity index is 1.81. The van der Waals surface area contributed by atoms with Crippen LogP contribution in [0.2, 0.25) is 5.02 Å². The van der Waals surface area contributed by atoms with Gasteiger partial charge in [-0.05, 0) is 53.6 Å². The van der Waals surface area contributed by atoms with Crippen LogP contribution in [0.1, 0.15) is 16.7 Å². The number of halogens is 4. The molecule has 0 saturated carbocycles. The van der Waals surface area contributed by atoms with E-state index in [0.29, 0.717) is 21.0 Å². The van der Waals surface area contributed by atoms with Gasteiger partial charge in [0.2, 0.25) is 11.8 Å². The molecule has 230 valence electrons. The minimum Gasteiger partial charge on any atom is -0.357 e. The van der Waals surface area contributed by atoms with Gasteiger partial charge in [0.1, 0.15) is 12.6 Å². The molecule has 0 aliphatic rings. The smallest absolute Gasteiger partial charge is 0.357 e. The number of alkyl halides is 3. The van der Waals surface area contributed by atoms with E-state index in [0.717, 1.165) is 17.7 Å². The molecule has 0 saturated heterocycles. The van der Waals surface area contributed by atoms with Crippen LogP contribution >= 0.6 is 11.6 Å². The summed E-state index contributed by atoms with van der Waals surface area (Å²) in [6, 6.07) is 25.2.